The molecule has 101 heavy (non-hydrogen) atoms. The van der Waals surface area contributed by atoms with E-state index in [0.717, 1.165) is 95.0 Å². The number of hydrogen-bond acceptors (Lipinski definition) is 24. The second-order valence-electron chi connectivity index (χ2n) is 22.4. The number of furan rings is 1. The predicted molar refractivity (Wildman–Crippen MR) is 395 cm³/mol. The molecule has 0 amide bonds. The van der Waals surface area contributed by atoms with Crippen LogP contribution in [-0.2, 0) is 45.8 Å². The first-order chi connectivity index (χ1) is 49.0. The summed E-state index contributed by atoms with van der Waals surface area (Å²) in [6, 6.07) is 23.2. The average molecular weight is 1460 g/mol. The zero-order valence-electron chi connectivity index (χ0n) is 55.0. The van der Waals surface area contributed by atoms with Crippen molar-refractivity contribution in [1.29, 1.82) is 0 Å². The molecule has 0 saturated carbocycles. The first kappa shape index (κ1) is 71.4. The molecule has 29 nitrogen and oxygen atoms in total. The molecule has 15 rings (SSSR count). The third kappa shape index (κ3) is 18.9. The number of aliphatic hydroxyl groups is 2. The summed E-state index contributed by atoms with van der Waals surface area (Å²) in [6.45, 7) is 10.1. The van der Waals surface area contributed by atoms with Crippen LogP contribution in [0.4, 0.5) is 35.0 Å². The lowest BCUT2D eigenvalue weighted by atomic mass is 10.2. The minimum absolute atomic E-state index is 0.0462. The molecule has 0 aliphatic rings. The molecule has 15 aromatic rings. The second kappa shape index (κ2) is 34.2. The van der Waals surface area contributed by atoms with Gasteiger partial charge in [0.1, 0.15) is 57.1 Å². The number of fused-ring (bicyclic) bond motifs is 5. The van der Waals surface area contributed by atoms with Gasteiger partial charge in [-0.05, 0) is 185 Å². The highest BCUT2D eigenvalue weighted by molar-refractivity contribution is 6.30. The van der Waals surface area contributed by atoms with Crippen molar-refractivity contribution in [2.75, 3.05) is 58.8 Å². The number of aryl methyl sites for hydroxylation is 3. The fourth-order valence-electron chi connectivity index (χ4n) is 10.3. The molecule has 0 radical (unpaired) electrons. The number of nitrogens with one attached hydrogen (secondary N) is 8. The number of imidazole rings is 1. The molecular weight excluding hydrogens is 1390 g/mol. The van der Waals surface area contributed by atoms with Gasteiger partial charge in [-0.2, -0.15) is 34.9 Å². The van der Waals surface area contributed by atoms with Crippen LogP contribution in [0.15, 0.2) is 152 Å². The van der Waals surface area contributed by atoms with Crippen LogP contribution in [0.5, 0.6) is 0 Å². The largest absolute Gasteiger partial charge is 0.467 e. The molecule has 0 aromatic carbocycles. The minimum Gasteiger partial charge on any atom is -0.467 e. The highest BCUT2D eigenvalue weighted by atomic mass is 35.5. The fourth-order valence-corrected chi connectivity index (χ4v) is 11.1. The molecule has 518 valence electrons. The summed E-state index contributed by atoms with van der Waals surface area (Å²) in [5.74, 6) is 4.94. The van der Waals surface area contributed by atoms with Crippen LogP contribution in [0.25, 0.3) is 55.3 Å². The predicted octanol–water partition coefficient (Wildman–Crippen LogP) is 12.6. The van der Waals surface area contributed by atoms with Gasteiger partial charge in [-0.1, -0.05) is 0 Å². The number of nitrogens with zero attached hydrogens (tertiary/aromatic N) is 18. The van der Waals surface area contributed by atoms with Crippen LogP contribution < -0.4 is 31.5 Å². The van der Waals surface area contributed by atoms with E-state index in [1.54, 1.807) is 55.8 Å². The Balaban J connectivity index is 0.000000127. The van der Waals surface area contributed by atoms with E-state index in [0.29, 0.717) is 86.0 Å². The molecule has 0 saturated heterocycles. The zero-order valence-corrected chi connectivity index (χ0v) is 58.7. The van der Waals surface area contributed by atoms with Gasteiger partial charge in [0, 0.05) is 127 Å². The van der Waals surface area contributed by atoms with E-state index >= 15 is 0 Å². The maximum atomic E-state index is 9.16. The summed E-state index contributed by atoms with van der Waals surface area (Å²) >= 11 is 29.8. The third-order valence-corrected chi connectivity index (χ3v) is 15.9. The number of pyridine rings is 4. The Bertz CT molecular complexity index is 5150. The van der Waals surface area contributed by atoms with Crippen molar-refractivity contribution in [3.8, 4) is 0 Å². The van der Waals surface area contributed by atoms with Gasteiger partial charge in [-0.15, -0.1) is 0 Å². The Labute approximate surface area is 602 Å². The van der Waals surface area contributed by atoms with Crippen LogP contribution in [0.2, 0.25) is 26.4 Å². The van der Waals surface area contributed by atoms with Gasteiger partial charge in [-0.3, -0.25) is 19.9 Å². The fraction of sp³-hybridized carbons (Fsp3) is 0.209. The Morgan fingerprint density at radius 1 is 0.475 bits per heavy atom. The summed E-state index contributed by atoms with van der Waals surface area (Å²) in [5.41, 5.74) is 11.8. The normalized spacial score (nSPS) is 10.9. The molecule has 15 heterocycles. The van der Waals surface area contributed by atoms with Crippen LogP contribution in [0.1, 0.15) is 44.8 Å². The molecule has 0 fully saturated rings. The van der Waals surface area contributed by atoms with E-state index in [9.17, 15) is 0 Å². The number of aromatic amines is 3. The van der Waals surface area contributed by atoms with E-state index in [1.165, 1.54) is 0 Å². The zero-order chi connectivity index (χ0) is 70.8. The Morgan fingerprint density at radius 3 is 1.50 bits per heavy atom. The van der Waals surface area contributed by atoms with Gasteiger partial charge in [0.05, 0.1) is 47.6 Å². The summed E-state index contributed by atoms with van der Waals surface area (Å²) in [6.07, 6.45) is 21.4. The molecule has 0 aliphatic carbocycles. The molecular formula is C67H67Cl5N26O3. The monoisotopic (exact) mass is 1460 g/mol. The topological polar surface area (TPSA) is 368 Å². The number of hydrogen-bond donors (Lipinski definition) is 10. The SMILES string of the molecule is CN(C)c1nc2nc(Cl)nc(NCc3ccco3)c2[nH]1.Cc1c[nH]c2nc(Cl)nc(NCc3ccncc3)c12.Cc1cc2c(NCc3ccncc3)nc(Cl)nc2[nH]1.Cc1cn(CCO)c2nc(Cl)nc(NCc3ccncc3)c12.OCCn1ccc2c(NCc3ccncc3)nc(Cl)nc21. The van der Waals surface area contributed by atoms with Crippen molar-refractivity contribution in [3.05, 3.63) is 218 Å². The lowest BCUT2D eigenvalue weighted by Crippen LogP contribution is -2.10. The third-order valence-electron chi connectivity index (χ3n) is 15.0. The van der Waals surface area contributed by atoms with E-state index < -0.39 is 0 Å². The van der Waals surface area contributed by atoms with Crippen molar-refractivity contribution >= 4 is 148 Å². The van der Waals surface area contributed by atoms with Crippen LogP contribution >= 0.6 is 58.0 Å². The number of anilines is 6. The Kier molecular flexibility index (Phi) is 24.2. The first-order valence-corrected chi connectivity index (χ1v) is 33.1. The molecule has 15 aromatic heterocycles. The smallest absolute Gasteiger partial charge is 0.226 e. The quantitative estimate of drug-likeness (QED) is 0.0317. The van der Waals surface area contributed by atoms with E-state index in [4.69, 9.17) is 72.6 Å². The Hall–Kier alpha value is -10.9. The van der Waals surface area contributed by atoms with Crippen molar-refractivity contribution < 1.29 is 14.6 Å². The summed E-state index contributed by atoms with van der Waals surface area (Å²) < 4.78 is 9.00. The molecule has 34 heteroatoms. The minimum atomic E-state index is 0.0462. The standard InChI is InChI=1S/C15H16ClN5O.C14H14ClN5O.2C13H12ClN5.C12H13ClN6O/c1-10-9-21(6-7-22)14-12(10)13(19-15(16)20-14)18-8-11-2-4-17-5-3-11;15-14-18-12(17-9-10-1-4-16-5-2-10)11-3-6-20(7-8-21)13(11)19-14;1-8-6-16-11-10(8)12(19-13(14)18-11)17-7-9-2-4-15-5-3-9;1-8-6-10-11(18-13(14)19-12(10)17-8)16-7-9-2-4-15-5-3-9;1-19(2)12-15-8-9(14-6-7-4-3-5-20-7)16-11(13)17-10(8)18-12/h2-5,9,22H,6-8H2,1H3,(H,18,19,20);1-6,21H,7-9H2,(H,17,18,19);2*2-6H,7H2,1H3,(H2,16,17,18,19);3-5H,6H2,1-2H3,(H2,14,15,16,17,18). The highest BCUT2D eigenvalue weighted by Gasteiger charge is 2.18. The van der Waals surface area contributed by atoms with Crippen LogP contribution in [0, 0.1) is 20.8 Å². The van der Waals surface area contributed by atoms with Crippen LogP contribution in [0.3, 0.4) is 0 Å². The number of halogens is 5. The van der Waals surface area contributed by atoms with Crippen LogP contribution in [-0.4, -0.2) is 136 Å². The number of aliphatic hydroxyl groups excluding tert-OH is 2. The van der Waals surface area contributed by atoms with Crippen molar-refractivity contribution in [2.24, 2.45) is 0 Å². The molecule has 10 N–H and O–H groups in total. The highest BCUT2D eigenvalue weighted by Crippen LogP contribution is 2.30. The van der Waals surface area contributed by atoms with Crippen molar-refractivity contribution in [1.82, 2.24) is 98.8 Å². The molecule has 0 bridgehead atoms. The number of H-pyrrole nitrogens is 3. The van der Waals surface area contributed by atoms with Gasteiger partial charge in [0.15, 0.2) is 11.5 Å². The van der Waals surface area contributed by atoms with Gasteiger partial charge < -0.3 is 70.2 Å². The molecule has 0 unspecified atom stereocenters. The van der Waals surface area contributed by atoms with Gasteiger partial charge in [-0.25, -0.2) is 19.9 Å². The Morgan fingerprint density at radius 2 is 0.950 bits per heavy atom. The van der Waals surface area contributed by atoms with E-state index in [-0.39, 0.29) is 39.6 Å². The lowest BCUT2D eigenvalue weighted by Gasteiger charge is -2.09. The summed E-state index contributed by atoms with van der Waals surface area (Å²) in [5, 5.41) is 39.2. The maximum Gasteiger partial charge on any atom is 0.226 e. The molecule has 0 aliphatic heterocycles. The second-order valence-corrected chi connectivity index (χ2v) is 24.1. The van der Waals surface area contributed by atoms with Crippen molar-refractivity contribution in [3.63, 3.8) is 0 Å². The van der Waals surface area contributed by atoms with Crippen molar-refractivity contribution in [2.45, 2.75) is 66.6 Å². The molecule has 0 atom stereocenters. The average Bonchev–Trinajstić information content (AvgIpc) is 1.65. The van der Waals surface area contributed by atoms with Gasteiger partial charge >= 0.3 is 0 Å². The maximum absolute atomic E-state index is 9.16. The van der Waals surface area contributed by atoms with E-state index in [2.05, 4.69) is 116 Å². The van der Waals surface area contributed by atoms with Gasteiger partial charge in [0.25, 0.3) is 0 Å². The van der Waals surface area contributed by atoms with Gasteiger partial charge in [0.2, 0.25) is 32.4 Å². The number of aromatic nitrogens is 20. The lowest BCUT2D eigenvalue weighted by molar-refractivity contribution is 0.277. The first-order valence-electron chi connectivity index (χ1n) is 31.2. The summed E-state index contributed by atoms with van der Waals surface area (Å²) in [4.78, 5) is 73.7. The number of rotatable bonds is 20. The molecule has 0 spiro atoms. The van der Waals surface area contributed by atoms with E-state index in [1.807, 2.05) is 140 Å². The summed E-state index contributed by atoms with van der Waals surface area (Å²) in [7, 11) is 3.78.